The molecule has 2 rings (SSSR count). The molecule has 0 bridgehead atoms. The molecule has 124 valence electrons. The molecular formula is C17H17N3O4. The molecule has 0 atom stereocenters. The summed E-state index contributed by atoms with van der Waals surface area (Å²) in [6, 6.07) is 12.1. The lowest BCUT2D eigenvalue weighted by molar-refractivity contribution is 0.0526. The second kappa shape index (κ2) is 7.77. The Morgan fingerprint density at radius 2 is 1.33 bits per heavy atom. The maximum Gasteiger partial charge on any atom is 0.338 e. The summed E-state index contributed by atoms with van der Waals surface area (Å²) < 4.78 is 4.88. The summed E-state index contributed by atoms with van der Waals surface area (Å²) in [5.74, 6) is -0.948. The smallest absolute Gasteiger partial charge is 0.338 e. The first-order valence-electron chi connectivity index (χ1n) is 7.24. The minimum Gasteiger partial charge on any atom is -0.462 e. The van der Waals surface area contributed by atoms with E-state index in [1.165, 1.54) is 12.1 Å². The number of primary amides is 1. The number of hydrogen-bond donors (Lipinski definition) is 3. The molecule has 0 radical (unpaired) electrons. The minimum atomic E-state index is -0.535. The van der Waals surface area contributed by atoms with Gasteiger partial charge in [-0.25, -0.2) is 9.59 Å². The van der Waals surface area contributed by atoms with Crippen molar-refractivity contribution in [3.8, 4) is 0 Å². The van der Waals surface area contributed by atoms with Crippen LogP contribution in [-0.4, -0.2) is 24.5 Å². The number of carbonyl (C=O) groups excluding carboxylic acids is 3. The molecule has 7 heteroatoms. The van der Waals surface area contributed by atoms with E-state index < -0.39 is 17.9 Å². The van der Waals surface area contributed by atoms with E-state index in [-0.39, 0.29) is 0 Å². The Hall–Kier alpha value is -3.35. The lowest BCUT2D eigenvalue weighted by atomic mass is 10.2. The summed E-state index contributed by atoms with van der Waals surface area (Å²) in [5, 5.41) is 5.25. The van der Waals surface area contributed by atoms with Crippen molar-refractivity contribution in [2.45, 2.75) is 6.92 Å². The van der Waals surface area contributed by atoms with Crippen LogP contribution in [0.2, 0.25) is 0 Å². The van der Waals surface area contributed by atoms with Gasteiger partial charge in [0.2, 0.25) is 5.91 Å². The zero-order valence-corrected chi connectivity index (χ0v) is 13.0. The zero-order chi connectivity index (χ0) is 17.5. The van der Waals surface area contributed by atoms with Gasteiger partial charge in [0.15, 0.2) is 0 Å². The standard InChI is InChI=1S/C17H17N3O4/c1-2-24-16(22)12-5-9-14(10-6-12)20-17(23)19-13-7-3-11(4-8-13)15(18)21/h3-10H,2H2,1H3,(H2,18,21)(H2,19,20,23). The summed E-state index contributed by atoms with van der Waals surface area (Å²) >= 11 is 0. The van der Waals surface area contributed by atoms with Crippen molar-refractivity contribution in [2.75, 3.05) is 17.2 Å². The van der Waals surface area contributed by atoms with Crippen LogP contribution in [0.3, 0.4) is 0 Å². The van der Waals surface area contributed by atoms with Crippen molar-refractivity contribution >= 4 is 29.3 Å². The third kappa shape index (κ3) is 4.57. The van der Waals surface area contributed by atoms with Gasteiger partial charge in [-0.1, -0.05) is 0 Å². The molecule has 0 aliphatic carbocycles. The molecule has 0 aliphatic rings. The minimum absolute atomic E-state index is 0.301. The summed E-state index contributed by atoms with van der Waals surface area (Å²) in [7, 11) is 0. The molecule has 0 heterocycles. The molecule has 24 heavy (non-hydrogen) atoms. The molecule has 0 unspecified atom stereocenters. The molecule has 2 aromatic carbocycles. The number of nitrogens with one attached hydrogen (secondary N) is 2. The fraction of sp³-hybridized carbons (Fsp3) is 0.118. The maximum atomic E-state index is 11.9. The third-order valence-corrected chi connectivity index (χ3v) is 3.08. The van der Waals surface area contributed by atoms with E-state index in [9.17, 15) is 14.4 Å². The van der Waals surface area contributed by atoms with Crippen LogP contribution >= 0.6 is 0 Å². The van der Waals surface area contributed by atoms with Gasteiger partial charge in [0, 0.05) is 16.9 Å². The van der Waals surface area contributed by atoms with Gasteiger partial charge in [-0.15, -0.1) is 0 Å². The number of urea groups is 1. The molecule has 0 aliphatic heterocycles. The lowest BCUT2D eigenvalue weighted by Crippen LogP contribution is -2.19. The van der Waals surface area contributed by atoms with E-state index in [1.54, 1.807) is 43.3 Å². The first-order valence-corrected chi connectivity index (χ1v) is 7.24. The summed E-state index contributed by atoms with van der Waals surface area (Å²) in [6.45, 7) is 2.03. The van der Waals surface area contributed by atoms with Gasteiger partial charge in [-0.05, 0) is 55.5 Å². The molecule has 0 aromatic heterocycles. The molecule has 7 nitrogen and oxygen atoms in total. The van der Waals surface area contributed by atoms with Crippen molar-refractivity contribution in [1.82, 2.24) is 0 Å². The predicted octanol–water partition coefficient (Wildman–Crippen LogP) is 2.61. The average molecular weight is 327 g/mol. The van der Waals surface area contributed by atoms with Crippen LogP contribution in [0.1, 0.15) is 27.6 Å². The molecule has 4 N–H and O–H groups in total. The first-order chi connectivity index (χ1) is 11.5. The Kier molecular flexibility index (Phi) is 5.51. The van der Waals surface area contributed by atoms with Crippen molar-refractivity contribution in [3.05, 3.63) is 59.7 Å². The quantitative estimate of drug-likeness (QED) is 0.733. The number of benzene rings is 2. The Balaban J connectivity index is 1.94. The Morgan fingerprint density at radius 1 is 0.875 bits per heavy atom. The summed E-state index contributed by atoms with van der Waals surface area (Å²) in [4.78, 5) is 34.4. The third-order valence-electron chi connectivity index (χ3n) is 3.08. The van der Waals surface area contributed by atoms with Gasteiger partial charge in [-0.2, -0.15) is 0 Å². The molecule has 0 saturated heterocycles. The van der Waals surface area contributed by atoms with E-state index in [0.717, 1.165) is 0 Å². The number of esters is 1. The predicted molar refractivity (Wildman–Crippen MR) is 90.0 cm³/mol. The Labute approximate surface area is 138 Å². The number of carbonyl (C=O) groups is 3. The maximum absolute atomic E-state index is 11.9. The number of anilines is 2. The largest absolute Gasteiger partial charge is 0.462 e. The second-order valence-electron chi connectivity index (χ2n) is 4.82. The molecule has 0 saturated carbocycles. The first kappa shape index (κ1) is 17.0. The Bertz CT molecular complexity index is 739. The zero-order valence-electron chi connectivity index (χ0n) is 13.0. The van der Waals surface area contributed by atoms with Gasteiger partial charge in [0.25, 0.3) is 0 Å². The van der Waals surface area contributed by atoms with Gasteiger partial charge >= 0.3 is 12.0 Å². The van der Waals surface area contributed by atoms with Crippen LogP contribution in [0.4, 0.5) is 16.2 Å². The highest BCUT2D eigenvalue weighted by atomic mass is 16.5. The number of nitrogens with two attached hydrogens (primary N) is 1. The molecule has 0 fully saturated rings. The van der Waals surface area contributed by atoms with Crippen molar-refractivity contribution < 1.29 is 19.1 Å². The molecule has 3 amide bonds. The average Bonchev–Trinajstić information content (AvgIpc) is 2.56. The van der Waals surface area contributed by atoms with Crippen LogP contribution in [0, 0.1) is 0 Å². The number of amides is 3. The van der Waals surface area contributed by atoms with Gasteiger partial charge < -0.3 is 21.1 Å². The van der Waals surface area contributed by atoms with Gasteiger partial charge in [0.05, 0.1) is 12.2 Å². The second-order valence-corrected chi connectivity index (χ2v) is 4.82. The molecular weight excluding hydrogens is 310 g/mol. The molecule has 2 aromatic rings. The van der Waals surface area contributed by atoms with Crippen LogP contribution in [-0.2, 0) is 4.74 Å². The van der Waals surface area contributed by atoms with Crippen LogP contribution in [0.25, 0.3) is 0 Å². The highest BCUT2D eigenvalue weighted by molar-refractivity contribution is 6.00. The summed E-state index contributed by atoms with van der Waals surface area (Å²) in [6.07, 6.45) is 0. The number of ether oxygens (including phenoxy) is 1. The van der Waals surface area contributed by atoms with Gasteiger partial charge in [0.1, 0.15) is 0 Å². The van der Waals surface area contributed by atoms with Gasteiger partial charge in [-0.3, -0.25) is 4.79 Å². The lowest BCUT2D eigenvalue weighted by Gasteiger charge is -2.08. The van der Waals surface area contributed by atoms with Crippen LogP contribution < -0.4 is 16.4 Å². The van der Waals surface area contributed by atoms with E-state index in [2.05, 4.69) is 10.6 Å². The van der Waals surface area contributed by atoms with Crippen molar-refractivity contribution in [2.24, 2.45) is 5.73 Å². The van der Waals surface area contributed by atoms with Crippen molar-refractivity contribution in [1.29, 1.82) is 0 Å². The normalized spacial score (nSPS) is 9.88. The number of rotatable bonds is 5. The molecule has 0 spiro atoms. The fourth-order valence-electron chi connectivity index (χ4n) is 1.92. The van der Waals surface area contributed by atoms with E-state index in [4.69, 9.17) is 10.5 Å². The summed E-state index contributed by atoms with van der Waals surface area (Å²) in [5.41, 5.74) is 6.95. The highest BCUT2D eigenvalue weighted by Gasteiger charge is 2.07. The topological polar surface area (TPSA) is 111 Å². The van der Waals surface area contributed by atoms with Crippen molar-refractivity contribution in [3.63, 3.8) is 0 Å². The fourth-order valence-corrected chi connectivity index (χ4v) is 1.92. The van der Waals surface area contributed by atoms with E-state index in [1.807, 2.05) is 0 Å². The highest BCUT2D eigenvalue weighted by Crippen LogP contribution is 2.13. The monoisotopic (exact) mass is 327 g/mol. The van der Waals surface area contributed by atoms with E-state index in [0.29, 0.717) is 29.1 Å². The van der Waals surface area contributed by atoms with Crippen LogP contribution in [0.15, 0.2) is 48.5 Å². The van der Waals surface area contributed by atoms with Crippen LogP contribution in [0.5, 0.6) is 0 Å². The SMILES string of the molecule is CCOC(=O)c1ccc(NC(=O)Nc2ccc(C(N)=O)cc2)cc1. The van der Waals surface area contributed by atoms with E-state index >= 15 is 0 Å². The Morgan fingerprint density at radius 3 is 1.75 bits per heavy atom. The number of hydrogen-bond acceptors (Lipinski definition) is 4.